The summed E-state index contributed by atoms with van der Waals surface area (Å²) in [6.07, 6.45) is 2.95. The number of ether oxygens (including phenoxy) is 2. The van der Waals surface area contributed by atoms with Crippen LogP contribution in [-0.2, 0) is 0 Å². The van der Waals surface area contributed by atoms with Crippen molar-refractivity contribution < 1.29 is 18.7 Å². The number of methoxy groups -OCH3 is 1. The molecular weight excluding hydrogens is 296 g/mol. The standard InChI is InChI=1S/C17H14N2O4/c1-21-13-5-2-3-6-14(13)23-16-9-8-12(11-18-16)19-17(20)15-7-4-10-22-15/h2-11H,1H3,(H,19,20). The number of furan rings is 1. The van der Waals surface area contributed by atoms with Crippen LogP contribution in [0.5, 0.6) is 17.4 Å². The molecule has 0 saturated heterocycles. The number of benzene rings is 1. The summed E-state index contributed by atoms with van der Waals surface area (Å²) >= 11 is 0. The van der Waals surface area contributed by atoms with Crippen molar-refractivity contribution in [3.63, 3.8) is 0 Å². The fourth-order valence-corrected chi connectivity index (χ4v) is 1.93. The fraction of sp³-hybridized carbons (Fsp3) is 0.0588. The van der Waals surface area contributed by atoms with Gasteiger partial charge in [-0.15, -0.1) is 0 Å². The first-order valence-corrected chi connectivity index (χ1v) is 6.88. The molecule has 2 aromatic heterocycles. The number of aromatic nitrogens is 1. The van der Waals surface area contributed by atoms with Gasteiger partial charge in [-0.1, -0.05) is 12.1 Å². The Kier molecular flexibility index (Phi) is 4.24. The number of nitrogens with zero attached hydrogens (tertiary/aromatic N) is 1. The van der Waals surface area contributed by atoms with Crippen LogP contribution in [0, 0.1) is 0 Å². The molecule has 116 valence electrons. The Morgan fingerprint density at radius 1 is 1.09 bits per heavy atom. The van der Waals surface area contributed by atoms with Crippen molar-refractivity contribution in [1.82, 2.24) is 4.98 Å². The highest BCUT2D eigenvalue weighted by molar-refractivity contribution is 6.02. The lowest BCUT2D eigenvalue weighted by atomic mass is 10.3. The van der Waals surface area contributed by atoms with Crippen LogP contribution in [-0.4, -0.2) is 18.0 Å². The third-order valence-corrected chi connectivity index (χ3v) is 3.02. The molecule has 0 saturated carbocycles. The Morgan fingerprint density at radius 3 is 2.57 bits per heavy atom. The van der Waals surface area contributed by atoms with Crippen LogP contribution in [0.4, 0.5) is 5.69 Å². The Balaban J connectivity index is 1.68. The van der Waals surface area contributed by atoms with Crippen LogP contribution in [0.3, 0.4) is 0 Å². The number of carbonyl (C=O) groups is 1. The zero-order valence-electron chi connectivity index (χ0n) is 12.4. The number of nitrogens with one attached hydrogen (secondary N) is 1. The van der Waals surface area contributed by atoms with Gasteiger partial charge in [-0.2, -0.15) is 0 Å². The van der Waals surface area contributed by atoms with E-state index < -0.39 is 0 Å². The van der Waals surface area contributed by atoms with Gasteiger partial charge >= 0.3 is 0 Å². The van der Waals surface area contributed by atoms with Gasteiger partial charge in [0.25, 0.3) is 5.91 Å². The summed E-state index contributed by atoms with van der Waals surface area (Å²) in [5.41, 5.74) is 0.541. The second-order valence-electron chi connectivity index (χ2n) is 4.57. The molecule has 6 nitrogen and oxygen atoms in total. The normalized spacial score (nSPS) is 10.1. The molecule has 1 amide bonds. The molecule has 1 N–H and O–H groups in total. The predicted molar refractivity (Wildman–Crippen MR) is 84.0 cm³/mol. The summed E-state index contributed by atoms with van der Waals surface area (Å²) in [5, 5.41) is 2.68. The zero-order chi connectivity index (χ0) is 16.1. The topological polar surface area (TPSA) is 73.6 Å². The average Bonchev–Trinajstić information content (AvgIpc) is 3.12. The molecule has 0 fully saturated rings. The summed E-state index contributed by atoms with van der Waals surface area (Å²) in [6.45, 7) is 0. The first kappa shape index (κ1) is 14.6. The van der Waals surface area contributed by atoms with E-state index in [0.29, 0.717) is 23.1 Å². The molecule has 6 heteroatoms. The van der Waals surface area contributed by atoms with E-state index in [2.05, 4.69) is 10.3 Å². The molecule has 0 unspecified atom stereocenters. The summed E-state index contributed by atoms with van der Waals surface area (Å²) in [6, 6.07) is 13.9. The lowest BCUT2D eigenvalue weighted by Gasteiger charge is -2.09. The smallest absolute Gasteiger partial charge is 0.291 e. The van der Waals surface area contributed by atoms with Crippen molar-refractivity contribution in [2.75, 3.05) is 12.4 Å². The van der Waals surface area contributed by atoms with Gasteiger partial charge in [0.05, 0.1) is 25.3 Å². The lowest BCUT2D eigenvalue weighted by Crippen LogP contribution is -2.10. The largest absolute Gasteiger partial charge is 0.493 e. The first-order valence-electron chi connectivity index (χ1n) is 6.88. The van der Waals surface area contributed by atoms with Gasteiger partial charge in [0.2, 0.25) is 5.88 Å². The van der Waals surface area contributed by atoms with Gasteiger partial charge in [0, 0.05) is 6.07 Å². The molecule has 1 aromatic carbocycles. The van der Waals surface area contributed by atoms with Crippen LogP contribution in [0.15, 0.2) is 65.4 Å². The molecule has 0 aliphatic heterocycles. The molecule has 0 aliphatic carbocycles. The minimum atomic E-state index is -0.338. The molecule has 23 heavy (non-hydrogen) atoms. The van der Waals surface area contributed by atoms with Crippen molar-refractivity contribution in [2.24, 2.45) is 0 Å². The third kappa shape index (κ3) is 3.49. The van der Waals surface area contributed by atoms with Crippen molar-refractivity contribution >= 4 is 11.6 Å². The molecule has 0 spiro atoms. The van der Waals surface area contributed by atoms with Crippen LogP contribution in [0.1, 0.15) is 10.6 Å². The Labute approximate surface area is 132 Å². The van der Waals surface area contributed by atoms with E-state index >= 15 is 0 Å². The third-order valence-electron chi connectivity index (χ3n) is 3.02. The zero-order valence-corrected chi connectivity index (χ0v) is 12.4. The SMILES string of the molecule is COc1ccccc1Oc1ccc(NC(=O)c2ccco2)cn1. The second-order valence-corrected chi connectivity index (χ2v) is 4.57. The highest BCUT2D eigenvalue weighted by atomic mass is 16.5. The van der Waals surface area contributed by atoms with Crippen LogP contribution in [0.2, 0.25) is 0 Å². The molecule has 0 bridgehead atoms. The van der Waals surface area contributed by atoms with Gasteiger partial charge < -0.3 is 19.2 Å². The second kappa shape index (κ2) is 6.65. The Morgan fingerprint density at radius 2 is 1.91 bits per heavy atom. The minimum absolute atomic E-state index is 0.236. The molecule has 3 aromatic rings. The van der Waals surface area contributed by atoms with Gasteiger partial charge in [-0.25, -0.2) is 4.98 Å². The number of pyridine rings is 1. The highest BCUT2D eigenvalue weighted by Crippen LogP contribution is 2.30. The maximum Gasteiger partial charge on any atom is 0.291 e. The average molecular weight is 310 g/mol. The van der Waals surface area contributed by atoms with Gasteiger partial charge in [-0.3, -0.25) is 4.79 Å². The predicted octanol–water partition coefficient (Wildman–Crippen LogP) is 3.73. The van der Waals surface area contributed by atoms with E-state index in [0.717, 1.165) is 0 Å². The molecule has 2 heterocycles. The molecule has 0 radical (unpaired) electrons. The quantitative estimate of drug-likeness (QED) is 0.777. The maximum absolute atomic E-state index is 11.9. The van der Waals surface area contributed by atoms with E-state index in [1.54, 1.807) is 43.5 Å². The van der Waals surface area contributed by atoms with E-state index in [-0.39, 0.29) is 11.7 Å². The number of hydrogen-bond acceptors (Lipinski definition) is 5. The fourth-order valence-electron chi connectivity index (χ4n) is 1.93. The summed E-state index contributed by atoms with van der Waals surface area (Å²) < 4.78 is 15.9. The molecule has 0 aliphatic rings. The van der Waals surface area contributed by atoms with Crippen molar-refractivity contribution in [3.8, 4) is 17.4 Å². The first-order chi connectivity index (χ1) is 11.3. The number of para-hydroxylation sites is 2. The minimum Gasteiger partial charge on any atom is -0.493 e. The number of rotatable bonds is 5. The van der Waals surface area contributed by atoms with E-state index in [9.17, 15) is 4.79 Å². The number of amides is 1. The van der Waals surface area contributed by atoms with Gasteiger partial charge in [-0.05, 0) is 30.3 Å². The Bertz CT molecular complexity index is 783. The number of anilines is 1. The maximum atomic E-state index is 11.9. The number of hydrogen-bond donors (Lipinski definition) is 1. The van der Waals surface area contributed by atoms with Crippen LogP contribution in [0.25, 0.3) is 0 Å². The van der Waals surface area contributed by atoms with Crippen molar-refractivity contribution in [3.05, 3.63) is 66.8 Å². The van der Waals surface area contributed by atoms with Crippen LogP contribution >= 0.6 is 0 Å². The summed E-state index contributed by atoms with van der Waals surface area (Å²) in [5.74, 6) is 1.47. The summed E-state index contributed by atoms with van der Waals surface area (Å²) in [7, 11) is 1.57. The van der Waals surface area contributed by atoms with E-state index in [4.69, 9.17) is 13.9 Å². The molecule has 0 atom stereocenters. The van der Waals surface area contributed by atoms with E-state index in [1.807, 2.05) is 12.1 Å². The molecular formula is C17H14N2O4. The van der Waals surface area contributed by atoms with E-state index in [1.165, 1.54) is 12.5 Å². The lowest BCUT2D eigenvalue weighted by molar-refractivity contribution is 0.0996. The van der Waals surface area contributed by atoms with Gasteiger partial charge in [0.15, 0.2) is 17.3 Å². The highest BCUT2D eigenvalue weighted by Gasteiger charge is 2.09. The van der Waals surface area contributed by atoms with Gasteiger partial charge in [0.1, 0.15) is 0 Å². The number of carbonyl (C=O) groups excluding carboxylic acids is 1. The van der Waals surface area contributed by atoms with Crippen molar-refractivity contribution in [2.45, 2.75) is 0 Å². The summed E-state index contributed by atoms with van der Waals surface area (Å²) in [4.78, 5) is 16.0. The van der Waals surface area contributed by atoms with Crippen molar-refractivity contribution in [1.29, 1.82) is 0 Å². The monoisotopic (exact) mass is 310 g/mol. The Hall–Kier alpha value is -3.28. The molecule has 3 rings (SSSR count). The van der Waals surface area contributed by atoms with Crippen LogP contribution < -0.4 is 14.8 Å².